The third kappa shape index (κ3) is 3.56. The Bertz CT molecular complexity index is 713. The number of rotatable bonds is 3. The molecule has 1 aromatic heterocycles. The van der Waals surface area contributed by atoms with Crippen LogP contribution in [-0.4, -0.2) is 39.6 Å². The lowest BCUT2D eigenvalue weighted by Crippen LogP contribution is -2.40. The van der Waals surface area contributed by atoms with Crippen LogP contribution in [-0.2, 0) is 0 Å². The van der Waals surface area contributed by atoms with Crippen molar-refractivity contribution in [1.29, 1.82) is 0 Å². The van der Waals surface area contributed by atoms with Crippen LogP contribution in [0.25, 0.3) is 0 Å². The number of hydrogen-bond donors (Lipinski definition) is 0. The second-order valence-corrected chi connectivity index (χ2v) is 5.97. The number of carbonyl (C=O) groups is 2. The second-order valence-electron chi connectivity index (χ2n) is 5.53. The summed E-state index contributed by atoms with van der Waals surface area (Å²) in [5, 5.41) is 0.561. The summed E-state index contributed by atoms with van der Waals surface area (Å²) in [5.41, 5.74) is 0.975. The Kier molecular flexibility index (Phi) is 4.67. The van der Waals surface area contributed by atoms with Gasteiger partial charge in [-0.2, -0.15) is 0 Å². The lowest BCUT2D eigenvalue weighted by atomic mass is 9.89. The van der Waals surface area contributed by atoms with E-state index in [0.29, 0.717) is 42.2 Å². The molecule has 0 bridgehead atoms. The summed E-state index contributed by atoms with van der Waals surface area (Å²) in [6.07, 6.45) is 5.80. The highest BCUT2D eigenvalue weighted by Crippen LogP contribution is 2.23. The third-order valence-electron chi connectivity index (χ3n) is 4.04. The Balaban J connectivity index is 1.62. The minimum Gasteiger partial charge on any atom is -0.337 e. The number of halogens is 1. The molecular formula is C17H16ClN3O2. The van der Waals surface area contributed by atoms with Gasteiger partial charge >= 0.3 is 0 Å². The van der Waals surface area contributed by atoms with E-state index in [0.717, 1.165) is 0 Å². The van der Waals surface area contributed by atoms with E-state index >= 15 is 0 Å². The highest BCUT2D eigenvalue weighted by Gasteiger charge is 2.28. The van der Waals surface area contributed by atoms with Gasteiger partial charge in [0.2, 0.25) is 0 Å². The number of ketones is 1. The average Bonchev–Trinajstić information content (AvgIpc) is 2.61. The fourth-order valence-corrected chi connectivity index (χ4v) is 2.98. The molecule has 118 valence electrons. The Labute approximate surface area is 139 Å². The zero-order valence-corrected chi connectivity index (χ0v) is 13.2. The van der Waals surface area contributed by atoms with Gasteiger partial charge in [0.05, 0.1) is 6.20 Å². The van der Waals surface area contributed by atoms with E-state index in [-0.39, 0.29) is 17.6 Å². The maximum Gasteiger partial charge on any atom is 0.274 e. The van der Waals surface area contributed by atoms with E-state index in [1.165, 1.54) is 18.6 Å². The molecule has 0 unspecified atom stereocenters. The molecule has 0 saturated carbocycles. The summed E-state index contributed by atoms with van der Waals surface area (Å²) in [5.74, 6) is -0.106. The number of Topliss-reactive ketones (excluding diaryl/α,β-unsaturated/α-hetero) is 1. The van der Waals surface area contributed by atoms with Gasteiger partial charge in [-0.05, 0) is 25.0 Å². The van der Waals surface area contributed by atoms with Crippen molar-refractivity contribution in [3.63, 3.8) is 0 Å². The molecule has 0 aliphatic carbocycles. The highest BCUT2D eigenvalue weighted by molar-refractivity contribution is 6.31. The summed E-state index contributed by atoms with van der Waals surface area (Å²) in [4.78, 5) is 34.5. The van der Waals surface area contributed by atoms with Gasteiger partial charge in [-0.25, -0.2) is 4.98 Å². The van der Waals surface area contributed by atoms with Gasteiger partial charge in [-0.1, -0.05) is 23.7 Å². The fraction of sp³-hybridized carbons (Fsp3) is 0.294. The van der Waals surface area contributed by atoms with Gasteiger partial charge in [0.25, 0.3) is 5.91 Å². The number of carbonyl (C=O) groups excluding carboxylic acids is 2. The summed E-state index contributed by atoms with van der Waals surface area (Å²) in [6.45, 7) is 1.10. The first kappa shape index (κ1) is 15.6. The van der Waals surface area contributed by atoms with Crippen LogP contribution in [0.2, 0.25) is 5.02 Å². The van der Waals surface area contributed by atoms with Crippen molar-refractivity contribution in [3.8, 4) is 0 Å². The number of aromatic nitrogens is 2. The molecule has 23 heavy (non-hydrogen) atoms. The van der Waals surface area contributed by atoms with Crippen LogP contribution in [0.3, 0.4) is 0 Å². The van der Waals surface area contributed by atoms with Crippen LogP contribution >= 0.6 is 11.6 Å². The van der Waals surface area contributed by atoms with Crippen LogP contribution in [0.15, 0.2) is 42.9 Å². The third-order valence-corrected chi connectivity index (χ3v) is 4.28. The molecule has 0 atom stereocenters. The first-order valence-electron chi connectivity index (χ1n) is 7.50. The first-order chi connectivity index (χ1) is 11.1. The van der Waals surface area contributed by atoms with Gasteiger partial charge in [0.1, 0.15) is 5.69 Å². The maximum absolute atomic E-state index is 12.5. The van der Waals surface area contributed by atoms with Gasteiger partial charge in [-0.3, -0.25) is 14.6 Å². The minimum atomic E-state index is -0.133. The van der Waals surface area contributed by atoms with Crippen molar-refractivity contribution < 1.29 is 9.59 Å². The largest absolute Gasteiger partial charge is 0.337 e. The molecule has 0 spiro atoms. The van der Waals surface area contributed by atoms with Gasteiger partial charge in [-0.15, -0.1) is 0 Å². The van der Waals surface area contributed by atoms with Crippen molar-refractivity contribution in [1.82, 2.24) is 14.9 Å². The van der Waals surface area contributed by atoms with E-state index in [4.69, 9.17) is 11.6 Å². The van der Waals surface area contributed by atoms with Crippen LogP contribution < -0.4 is 0 Å². The second kappa shape index (κ2) is 6.87. The standard InChI is InChI=1S/C17H16ClN3O2/c18-14-3-1-2-13(10-14)16(22)12-4-8-21(9-5-12)17(23)15-11-19-6-7-20-15/h1-3,6-7,10-12H,4-5,8-9H2. The quantitative estimate of drug-likeness (QED) is 0.812. The number of hydrogen-bond acceptors (Lipinski definition) is 4. The lowest BCUT2D eigenvalue weighted by molar-refractivity contribution is 0.0645. The van der Waals surface area contributed by atoms with E-state index in [9.17, 15) is 9.59 Å². The molecule has 1 fully saturated rings. The molecule has 0 radical (unpaired) electrons. The Morgan fingerprint density at radius 3 is 2.61 bits per heavy atom. The molecule has 1 aromatic carbocycles. The normalized spacial score (nSPS) is 15.4. The smallest absolute Gasteiger partial charge is 0.274 e. The molecule has 1 aliphatic heterocycles. The summed E-state index contributed by atoms with van der Waals surface area (Å²) >= 11 is 5.94. The SMILES string of the molecule is O=C(c1cccc(Cl)c1)C1CCN(C(=O)c2cnccn2)CC1. The Morgan fingerprint density at radius 1 is 1.17 bits per heavy atom. The molecule has 6 heteroatoms. The maximum atomic E-state index is 12.5. The Morgan fingerprint density at radius 2 is 1.96 bits per heavy atom. The molecule has 1 saturated heterocycles. The highest BCUT2D eigenvalue weighted by atomic mass is 35.5. The summed E-state index contributed by atoms with van der Waals surface area (Å²) in [6, 6.07) is 7.01. The molecular weight excluding hydrogens is 314 g/mol. The van der Waals surface area contributed by atoms with Gasteiger partial charge in [0, 0.05) is 42.0 Å². The summed E-state index contributed by atoms with van der Waals surface area (Å²) < 4.78 is 0. The Hall–Kier alpha value is -2.27. The number of amides is 1. The van der Waals surface area contributed by atoms with E-state index in [2.05, 4.69) is 9.97 Å². The molecule has 0 N–H and O–H groups in total. The van der Waals surface area contributed by atoms with E-state index in [1.54, 1.807) is 29.2 Å². The monoisotopic (exact) mass is 329 g/mol. The van der Waals surface area contributed by atoms with Crippen molar-refractivity contribution in [2.45, 2.75) is 12.8 Å². The lowest BCUT2D eigenvalue weighted by Gasteiger charge is -2.31. The molecule has 5 nitrogen and oxygen atoms in total. The zero-order valence-electron chi connectivity index (χ0n) is 12.5. The van der Waals surface area contributed by atoms with Crippen LogP contribution in [0, 0.1) is 5.92 Å². The predicted molar refractivity (Wildman–Crippen MR) is 86.4 cm³/mol. The van der Waals surface area contributed by atoms with Gasteiger partial charge in [0.15, 0.2) is 5.78 Å². The molecule has 1 amide bonds. The van der Waals surface area contributed by atoms with Crippen LogP contribution in [0.1, 0.15) is 33.7 Å². The van der Waals surface area contributed by atoms with Crippen molar-refractivity contribution in [2.75, 3.05) is 13.1 Å². The average molecular weight is 330 g/mol. The van der Waals surface area contributed by atoms with Gasteiger partial charge < -0.3 is 4.90 Å². The number of piperidine rings is 1. The number of likely N-dealkylation sites (tertiary alicyclic amines) is 1. The van der Waals surface area contributed by atoms with E-state index < -0.39 is 0 Å². The molecule has 2 aromatic rings. The molecule has 1 aliphatic rings. The first-order valence-corrected chi connectivity index (χ1v) is 7.88. The molecule has 2 heterocycles. The van der Waals surface area contributed by atoms with Crippen molar-refractivity contribution >= 4 is 23.3 Å². The number of nitrogens with zero attached hydrogens (tertiary/aromatic N) is 3. The van der Waals surface area contributed by atoms with Crippen LogP contribution in [0.5, 0.6) is 0 Å². The predicted octanol–water partition coefficient (Wildman–Crippen LogP) is 2.87. The number of benzene rings is 1. The van der Waals surface area contributed by atoms with Crippen molar-refractivity contribution in [2.24, 2.45) is 5.92 Å². The zero-order chi connectivity index (χ0) is 16.2. The minimum absolute atomic E-state index is 0.0700. The molecule has 3 rings (SSSR count). The van der Waals surface area contributed by atoms with Crippen LogP contribution in [0.4, 0.5) is 0 Å². The van der Waals surface area contributed by atoms with E-state index in [1.807, 2.05) is 0 Å². The van der Waals surface area contributed by atoms with Crippen molar-refractivity contribution in [3.05, 3.63) is 59.1 Å². The fourth-order valence-electron chi connectivity index (χ4n) is 2.79. The topological polar surface area (TPSA) is 63.2 Å². The summed E-state index contributed by atoms with van der Waals surface area (Å²) in [7, 11) is 0.